The van der Waals surface area contributed by atoms with Crippen molar-refractivity contribution in [1.82, 2.24) is 5.32 Å². The van der Waals surface area contributed by atoms with Crippen LogP contribution in [0.5, 0.6) is 0 Å². The molecule has 0 aliphatic rings. The molecule has 0 unspecified atom stereocenters. The Labute approximate surface area is 123 Å². The lowest BCUT2D eigenvalue weighted by Crippen LogP contribution is -2.43. The van der Waals surface area contributed by atoms with Crippen LogP contribution in [0.4, 0.5) is 0 Å². The van der Waals surface area contributed by atoms with Crippen molar-refractivity contribution >= 4 is 21.6 Å². The number of nitrogens with one attached hydrogen (secondary N) is 1. The van der Waals surface area contributed by atoms with E-state index in [4.69, 9.17) is 10.9 Å². The van der Waals surface area contributed by atoms with Crippen LogP contribution in [0.1, 0.15) is 29.8 Å². The summed E-state index contributed by atoms with van der Waals surface area (Å²) in [6, 6.07) is 6.19. The molecule has 8 heteroatoms. The topological polar surface area (TPSA) is 122 Å². The highest BCUT2D eigenvalue weighted by molar-refractivity contribution is 7.92. The van der Waals surface area contributed by atoms with E-state index in [0.717, 1.165) is 6.26 Å². The van der Waals surface area contributed by atoms with Crippen LogP contribution < -0.4 is 11.1 Å². The molecule has 7 nitrogen and oxygen atoms in total. The lowest BCUT2D eigenvalue weighted by atomic mass is 10.1. The van der Waals surface area contributed by atoms with Gasteiger partial charge in [0.15, 0.2) is 15.7 Å². The van der Waals surface area contributed by atoms with Crippen molar-refractivity contribution in [2.45, 2.75) is 18.6 Å². The highest BCUT2D eigenvalue weighted by Crippen LogP contribution is 2.14. The van der Waals surface area contributed by atoms with Gasteiger partial charge in [-0.05, 0) is 26.0 Å². The molecule has 1 aromatic carbocycles. The quantitative estimate of drug-likeness (QED) is 0.313. The van der Waals surface area contributed by atoms with Crippen LogP contribution >= 0.6 is 0 Å². The van der Waals surface area contributed by atoms with Gasteiger partial charge < -0.3 is 16.3 Å². The van der Waals surface area contributed by atoms with Gasteiger partial charge in [0, 0.05) is 23.9 Å². The van der Waals surface area contributed by atoms with Gasteiger partial charge in [0.25, 0.3) is 5.91 Å². The number of rotatable bonds is 5. The van der Waals surface area contributed by atoms with Crippen molar-refractivity contribution in [3.05, 3.63) is 35.4 Å². The van der Waals surface area contributed by atoms with Crippen LogP contribution in [0.3, 0.4) is 0 Å². The Morgan fingerprint density at radius 2 is 1.95 bits per heavy atom. The minimum absolute atomic E-state index is 0.0154. The van der Waals surface area contributed by atoms with Crippen molar-refractivity contribution in [3.8, 4) is 0 Å². The summed E-state index contributed by atoms with van der Waals surface area (Å²) in [7, 11) is -3.29. The average molecular weight is 313 g/mol. The Morgan fingerprint density at radius 3 is 2.48 bits per heavy atom. The SMILES string of the molecule is CC(C)(CNC(=O)c1cccc(C(N)=NO)c1)S(C)(=O)=O. The molecule has 0 heterocycles. The summed E-state index contributed by atoms with van der Waals surface area (Å²) in [6.45, 7) is 3.06. The van der Waals surface area contributed by atoms with Crippen LogP contribution in [-0.4, -0.2) is 42.9 Å². The highest BCUT2D eigenvalue weighted by Gasteiger charge is 2.30. The molecule has 0 saturated carbocycles. The zero-order chi connectivity index (χ0) is 16.3. The molecule has 0 saturated heterocycles. The van der Waals surface area contributed by atoms with Gasteiger partial charge in [0.1, 0.15) is 0 Å². The molecule has 0 radical (unpaired) electrons. The van der Waals surface area contributed by atoms with Crippen molar-refractivity contribution in [1.29, 1.82) is 0 Å². The third-order valence-electron chi connectivity index (χ3n) is 3.21. The minimum Gasteiger partial charge on any atom is -0.409 e. The molecule has 0 aromatic heterocycles. The number of oxime groups is 1. The van der Waals surface area contributed by atoms with Gasteiger partial charge in [0.05, 0.1) is 4.75 Å². The van der Waals surface area contributed by atoms with Crippen LogP contribution in [-0.2, 0) is 9.84 Å². The minimum atomic E-state index is -3.29. The normalized spacial score (nSPS) is 13.0. The molecule has 1 aromatic rings. The van der Waals surface area contributed by atoms with Crippen molar-refractivity contribution < 1.29 is 18.4 Å². The molecule has 0 fully saturated rings. The van der Waals surface area contributed by atoms with E-state index < -0.39 is 20.5 Å². The van der Waals surface area contributed by atoms with Gasteiger partial charge in [-0.15, -0.1) is 0 Å². The molecule has 4 N–H and O–H groups in total. The lowest BCUT2D eigenvalue weighted by Gasteiger charge is -2.22. The number of hydrogen-bond donors (Lipinski definition) is 3. The fourth-order valence-corrected chi connectivity index (χ4v) is 1.74. The van der Waals surface area contributed by atoms with E-state index in [9.17, 15) is 13.2 Å². The number of carbonyl (C=O) groups is 1. The predicted molar refractivity (Wildman–Crippen MR) is 80.2 cm³/mol. The zero-order valence-electron chi connectivity index (χ0n) is 12.1. The maximum Gasteiger partial charge on any atom is 0.251 e. The fourth-order valence-electron chi connectivity index (χ4n) is 1.40. The van der Waals surface area contributed by atoms with Crippen LogP contribution in [0, 0.1) is 0 Å². The standard InChI is InChI=1S/C13H19N3O4S/c1-13(2,21(3,19)20)8-15-12(17)10-6-4-5-9(7-10)11(14)16-18/h4-7,18H,8H2,1-3H3,(H2,14,16)(H,15,17). The number of amides is 1. The molecule has 116 valence electrons. The molecule has 0 aliphatic heterocycles. The Hall–Kier alpha value is -2.09. The number of carbonyl (C=O) groups excluding carboxylic acids is 1. The summed E-state index contributed by atoms with van der Waals surface area (Å²) in [5.74, 6) is -0.541. The number of nitrogens with zero attached hydrogens (tertiary/aromatic N) is 1. The van der Waals surface area contributed by atoms with Crippen molar-refractivity contribution in [2.75, 3.05) is 12.8 Å². The first-order valence-electron chi connectivity index (χ1n) is 6.14. The second-order valence-electron chi connectivity index (χ2n) is 5.28. The molecule has 1 rings (SSSR count). The zero-order valence-corrected chi connectivity index (χ0v) is 12.9. The second-order valence-corrected chi connectivity index (χ2v) is 7.93. The average Bonchev–Trinajstić information content (AvgIpc) is 2.42. The molecule has 1 amide bonds. The first-order chi connectivity index (χ1) is 9.58. The number of hydrogen-bond acceptors (Lipinski definition) is 5. The van der Waals surface area contributed by atoms with E-state index in [1.54, 1.807) is 18.2 Å². The van der Waals surface area contributed by atoms with Gasteiger partial charge in [-0.1, -0.05) is 17.3 Å². The smallest absolute Gasteiger partial charge is 0.251 e. The fraction of sp³-hybridized carbons (Fsp3) is 0.385. The summed E-state index contributed by atoms with van der Waals surface area (Å²) in [4.78, 5) is 12.0. The van der Waals surface area contributed by atoms with Gasteiger partial charge in [-0.3, -0.25) is 4.79 Å². The third-order valence-corrected chi connectivity index (χ3v) is 5.36. The van der Waals surface area contributed by atoms with E-state index in [1.807, 2.05) is 0 Å². The monoisotopic (exact) mass is 313 g/mol. The van der Waals surface area contributed by atoms with E-state index in [2.05, 4.69) is 10.5 Å². The Kier molecular flexibility index (Phi) is 4.95. The van der Waals surface area contributed by atoms with Crippen LogP contribution in [0.15, 0.2) is 29.4 Å². The van der Waals surface area contributed by atoms with Crippen LogP contribution in [0.2, 0.25) is 0 Å². The first kappa shape index (κ1) is 17.0. The second kappa shape index (κ2) is 6.13. The number of benzene rings is 1. The molecule has 21 heavy (non-hydrogen) atoms. The highest BCUT2D eigenvalue weighted by atomic mass is 32.2. The number of nitrogens with two attached hydrogens (primary N) is 1. The summed E-state index contributed by atoms with van der Waals surface area (Å²) in [5.41, 5.74) is 6.14. The van der Waals surface area contributed by atoms with E-state index >= 15 is 0 Å². The first-order valence-corrected chi connectivity index (χ1v) is 8.03. The maximum atomic E-state index is 12.0. The Balaban J connectivity index is 2.87. The molecule has 0 bridgehead atoms. The predicted octanol–water partition coefficient (Wildman–Crippen LogP) is 0.334. The van der Waals surface area contributed by atoms with Gasteiger partial charge >= 0.3 is 0 Å². The van der Waals surface area contributed by atoms with E-state index in [1.165, 1.54) is 19.9 Å². The van der Waals surface area contributed by atoms with Crippen LogP contribution in [0.25, 0.3) is 0 Å². The van der Waals surface area contributed by atoms with E-state index in [0.29, 0.717) is 11.1 Å². The van der Waals surface area contributed by atoms with Gasteiger partial charge in [-0.2, -0.15) is 0 Å². The molecule has 0 aliphatic carbocycles. The lowest BCUT2D eigenvalue weighted by molar-refractivity contribution is 0.0950. The molecule has 0 spiro atoms. The summed E-state index contributed by atoms with van der Waals surface area (Å²) in [5, 5.41) is 14.0. The maximum absolute atomic E-state index is 12.0. The molecule has 0 atom stereocenters. The largest absolute Gasteiger partial charge is 0.409 e. The number of sulfone groups is 1. The van der Waals surface area contributed by atoms with E-state index in [-0.39, 0.29) is 12.4 Å². The summed E-state index contributed by atoms with van der Waals surface area (Å²) < 4.78 is 22.1. The summed E-state index contributed by atoms with van der Waals surface area (Å²) in [6.07, 6.45) is 1.12. The molecular weight excluding hydrogens is 294 g/mol. The van der Waals surface area contributed by atoms with Crippen molar-refractivity contribution in [2.24, 2.45) is 10.9 Å². The van der Waals surface area contributed by atoms with Gasteiger partial charge in [-0.25, -0.2) is 8.42 Å². The Bertz CT molecular complexity index is 666. The summed E-state index contributed by atoms with van der Waals surface area (Å²) >= 11 is 0. The Morgan fingerprint density at radius 1 is 1.38 bits per heavy atom. The molecular formula is C13H19N3O4S. The van der Waals surface area contributed by atoms with Crippen molar-refractivity contribution in [3.63, 3.8) is 0 Å². The number of amidine groups is 1. The third kappa shape index (κ3) is 4.19. The van der Waals surface area contributed by atoms with Gasteiger partial charge in [0.2, 0.25) is 0 Å².